The molecule has 0 aromatic rings. The Hall–Kier alpha value is -0.980. The van der Waals surface area contributed by atoms with Crippen LogP contribution in [0.4, 0.5) is 0 Å². The van der Waals surface area contributed by atoms with E-state index in [9.17, 15) is 0 Å². The van der Waals surface area contributed by atoms with Crippen molar-refractivity contribution in [1.82, 2.24) is 0 Å². The Balaban J connectivity index is 2.50. The average Bonchev–Trinajstić information content (AvgIpc) is 2.24. The number of fused-ring (bicyclic) bond motifs is 1. The van der Waals surface area contributed by atoms with Gasteiger partial charge < -0.3 is 4.74 Å². The van der Waals surface area contributed by atoms with Crippen molar-refractivity contribution in [3.05, 3.63) is 35.1 Å². The van der Waals surface area contributed by atoms with Crippen LogP contribution in [0.2, 0.25) is 0 Å². The molecule has 2 rings (SSSR count). The van der Waals surface area contributed by atoms with Gasteiger partial charge in [0.05, 0.1) is 0 Å². The van der Waals surface area contributed by atoms with E-state index in [4.69, 9.17) is 4.74 Å². The summed E-state index contributed by atoms with van der Waals surface area (Å²) >= 11 is 0. The first-order chi connectivity index (χ1) is 5.61. The van der Waals surface area contributed by atoms with Crippen LogP contribution in [0.5, 0.6) is 0 Å². The molecule has 1 aliphatic heterocycles. The number of hydrogen-bond donors (Lipinski definition) is 0. The molecule has 2 aliphatic rings. The van der Waals surface area contributed by atoms with Gasteiger partial charge in [0.15, 0.2) is 0 Å². The van der Waals surface area contributed by atoms with Gasteiger partial charge in [-0.25, -0.2) is 0 Å². The zero-order chi connectivity index (χ0) is 8.77. The lowest BCUT2D eigenvalue weighted by Gasteiger charge is -2.20. The fourth-order valence-electron chi connectivity index (χ4n) is 1.64. The first kappa shape index (κ1) is 7.66. The molecule has 1 aliphatic carbocycles. The van der Waals surface area contributed by atoms with E-state index in [1.165, 1.54) is 11.1 Å². The highest BCUT2D eigenvalue weighted by molar-refractivity contribution is 5.49. The van der Waals surface area contributed by atoms with E-state index in [0.29, 0.717) is 0 Å². The number of ether oxygens (including phenoxy) is 1. The van der Waals surface area contributed by atoms with Crippen LogP contribution >= 0.6 is 0 Å². The van der Waals surface area contributed by atoms with Gasteiger partial charge in [0.1, 0.15) is 11.4 Å². The predicted octanol–water partition coefficient (Wildman–Crippen LogP) is 2.96. The highest BCUT2D eigenvalue weighted by Gasteiger charge is 2.33. The molecule has 0 aromatic heterocycles. The fraction of sp³-hybridized carbons (Fsp3) is 0.455. The highest BCUT2D eigenvalue weighted by atomic mass is 16.5. The molecule has 0 unspecified atom stereocenters. The average molecular weight is 162 g/mol. The topological polar surface area (TPSA) is 9.23 Å². The van der Waals surface area contributed by atoms with Crippen LogP contribution in [0.25, 0.3) is 0 Å². The van der Waals surface area contributed by atoms with Crippen molar-refractivity contribution in [3.8, 4) is 0 Å². The molecule has 1 nitrogen and oxygen atoms in total. The first-order valence-electron chi connectivity index (χ1n) is 4.39. The van der Waals surface area contributed by atoms with Crippen LogP contribution in [-0.2, 0) is 4.74 Å². The molecular weight excluding hydrogens is 148 g/mol. The van der Waals surface area contributed by atoms with Crippen molar-refractivity contribution in [1.29, 1.82) is 0 Å². The summed E-state index contributed by atoms with van der Waals surface area (Å²) in [6.45, 7) is 6.37. The minimum absolute atomic E-state index is 0.101. The van der Waals surface area contributed by atoms with Gasteiger partial charge in [-0.1, -0.05) is 12.2 Å². The lowest BCUT2D eigenvalue weighted by molar-refractivity contribution is 0.0929. The summed E-state index contributed by atoms with van der Waals surface area (Å²) < 4.78 is 5.80. The van der Waals surface area contributed by atoms with E-state index in [-0.39, 0.29) is 5.60 Å². The Labute approximate surface area is 73.4 Å². The summed E-state index contributed by atoms with van der Waals surface area (Å²) in [5.74, 6) is 1.07. The van der Waals surface area contributed by atoms with Gasteiger partial charge >= 0.3 is 0 Å². The zero-order valence-corrected chi connectivity index (χ0v) is 7.85. The summed E-state index contributed by atoms with van der Waals surface area (Å²) in [6, 6.07) is 0. The van der Waals surface area contributed by atoms with Gasteiger partial charge in [0.2, 0.25) is 0 Å². The highest BCUT2D eigenvalue weighted by Crippen LogP contribution is 2.39. The molecule has 0 saturated carbocycles. The van der Waals surface area contributed by atoms with E-state index in [2.05, 4.69) is 39.0 Å². The molecular formula is C11H14O. The number of allylic oxidation sites excluding steroid dienone is 3. The van der Waals surface area contributed by atoms with Crippen molar-refractivity contribution >= 4 is 0 Å². The monoisotopic (exact) mass is 162 g/mol. The van der Waals surface area contributed by atoms with Crippen LogP contribution < -0.4 is 0 Å². The molecule has 0 fully saturated rings. The first-order valence-corrected chi connectivity index (χ1v) is 4.39. The maximum atomic E-state index is 5.80. The summed E-state index contributed by atoms with van der Waals surface area (Å²) in [5, 5.41) is 0. The quantitative estimate of drug-likeness (QED) is 0.532. The van der Waals surface area contributed by atoms with Crippen LogP contribution in [0.1, 0.15) is 27.2 Å². The summed E-state index contributed by atoms with van der Waals surface area (Å²) in [7, 11) is 0. The number of rotatable bonds is 0. The van der Waals surface area contributed by atoms with Crippen molar-refractivity contribution in [3.63, 3.8) is 0 Å². The SMILES string of the molecule is CC1=C2C=CCC=C2OC1(C)C. The Morgan fingerprint density at radius 1 is 1.42 bits per heavy atom. The summed E-state index contributed by atoms with van der Waals surface area (Å²) in [4.78, 5) is 0. The molecule has 64 valence electrons. The second-order valence-corrected chi connectivity index (χ2v) is 3.86. The molecule has 0 amide bonds. The largest absolute Gasteiger partial charge is 0.483 e. The molecule has 0 atom stereocenters. The van der Waals surface area contributed by atoms with Crippen LogP contribution in [-0.4, -0.2) is 5.60 Å². The van der Waals surface area contributed by atoms with E-state index in [0.717, 1.165) is 12.2 Å². The predicted molar refractivity (Wildman–Crippen MR) is 49.7 cm³/mol. The molecule has 1 heterocycles. The molecule has 1 heteroatoms. The van der Waals surface area contributed by atoms with Gasteiger partial charge in [0.25, 0.3) is 0 Å². The molecule has 12 heavy (non-hydrogen) atoms. The van der Waals surface area contributed by atoms with Crippen molar-refractivity contribution < 1.29 is 4.74 Å². The van der Waals surface area contributed by atoms with Crippen LogP contribution in [0.15, 0.2) is 35.1 Å². The van der Waals surface area contributed by atoms with Crippen molar-refractivity contribution in [2.24, 2.45) is 0 Å². The third kappa shape index (κ3) is 0.927. The molecule has 0 aromatic carbocycles. The Kier molecular flexibility index (Phi) is 1.44. The second kappa shape index (κ2) is 2.25. The lowest BCUT2D eigenvalue weighted by atomic mass is 9.95. The molecule has 0 N–H and O–H groups in total. The van der Waals surface area contributed by atoms with Gasteiger partial charge in [0, 0.05) is 5.57 Å². The third-order valence-electron chi connectivity index (χ3n) is 2.66. The molecule has 0 radical (unpaired) electrons. The van der Waals surface area contributed by atoms with Gasteiger partial charge in [-0.2, -0.15) is 0 Å². The Morgan fingerprint density at radius 3 is 2.83 bits per heavy atom. The smallest absolute Gasteiger partial charge is 0.125 e. The Morgan fingerprint density at radius 2 is 2.17 bits per heavy atom. The van der Waals surface area contributed by atoms with Crippen LogP contribution in [0.3, 0.4) is 0 Å². The van der Waals surface area contributed by atoms with E-state index in [1.807, 2.05) is 0 Å². The van der Waals surface area contributed by atoms with Gasteiger partial charge in [-0.15, -0.1) is 0 Å². The Bertz CT molecular complexity index is 303. The minimum Gasteiger partial charge on any atom is -0.483 e. The maximum Gasteiger partial charge on any atom is 0.125 e. The molecule has 0 spiro atoms. The van der Waals surface area contributed by atoms with Crippen molar-refractivity contribution in [2.75, 3.05) is 0 Å². The fourth-order valence-corrected chi connectivity index (χ4v) is 1.64. The zero-order valence-electron chi connectivity index (χ0n) is 7.85. The molecule has 0 saturated heterocycles. The maximum absolute atomic E-state index is 5.80. The second-order valence-electron chi connectivity index (χ2n) is 3.86. The standard InChI is InChI=1S/C11H14O/c1-8-9-6-4-5-7-10(9)12-11(8,2)3/h4,6-7H,5H2,1-3H3. The lowest BCUT2D eigenvalue weighted by Crippen LogP contribution is -2.19. The normalized spacial score (nSPS) is 25.1. The van der Waals surface area contributed by atoms with Crippen LogP contribution in [0, 0.1) is 0 Å². The van der Waals surface area contributed by atoms with Crippen molar-refractivity contribution in [2.45, 2.75) is 32.8 Å². The van der Waals surface area contributed by atoms with E-state index in [1.54, 1.807) is 0 Å². The van der Waals surface area contributed by atoms with Gasteiger partial charge in [-0.3, -0.25) is 0 Å². The molecule has 0 bridgehead atoms. The van der Waals surface area contributed by atoms with E-state index >= 15 is 0 Å². The third-order valence-corrected chi connectivity index (χ3v) is 2.66. The minimum atomic E-state index is -0.101. The summed E-state index contributed by atoms with van der Waals surface area (Å²) in [5.41, 5.74) is 2.52. The number of hydrogen-bond acceptors (Lipinski definition) is 1. The van der Waals surface area contributed by atoms with E-state index < -0.39 is 0 Å². The van der Waals surface area contributed by atoms with Gasteiger partial charge in [-0.05, 0) is 38.8 Å². The summed E-state index contributed by atoms with van der Waals surface area (Å²) in [6.07, 6.45) is 7.49.